The number of hydrogen-bond donors (Lipinski definition) is 1. The van der Waals surface area contributed by atoms with Crippen molar-refractivity contribution in [3.63, 3.8) is 0 Å². The van der Waals surface area contributed by atoms with Gasteiger partial charge in [-0.25, -0.2) is 0 Å². The topological polar surface area (TPSA) is 35.8 Å². The molecule has 0 bridgehead atoms. The predicted octanol–water partition coefficient (Wildman–Crippen LogP) is 2.80. The first-order chi connectivity index (χ1) is 7.38. The van der Waals surface area contributed by atoms with Crippen LogP contribution in [0.2, 0.25) is 0 Å². The summed E-state index contributed by atoms with van der Waals surface area (Å²) in [5.74, 6) is 1.52. The summed E-state index contributed by atoms with van der Waals surface area (Å²) in [4.78, 5) is 0. The molecule has 1 aliphatic rings. The van der Waals surface area contributed by atoms with Crippen LogP contribution in [-0.4, -0.2) is 24.6 Å². The maximum atomic E-state index is 9.01. The molecular formula is C12H22N2S. The van der Waals surface area contributed by atoms with Gasteiger partial charge in [0.25, 0.3) is 0 Å². The first kappa shape index (κ1) is 12.9. The van der Waals surface area contributed by atoms with E-state index in [9.17, 15) is 0 Å². The summed E-state index contributed by atoms with van der Waals surface area (Å²) in [7, 11) is 0. The molecule has 3 heteroatoms. The van der Waals surface area contributed by atoms with Crippen molar-refractivity contribution in [2.24, 2.45) is 5.92 Å². The fourth-order valence-electron chi connectivity index (χ4n) is 2.19. The zero-order chi connectivity index (χ0) is 10.9. The van der Waals surface area contributed by atoms with Gasteiger partial charge in [-0.1, -0.05) is 12.8 Å². The first-order valence-electron chi connectivity index (χ1n) is 6.00. The van der Waals surface area contributed by atoms with E-state index < -0.39 is 0 Å². The molecule has 0 spiro atoms. The molecule has 2 nitrogen and oxygen atoms in total. The molecule has 0 saturated heterocycles. The average molecular weight is 226 g/mol. The lowest BCUT2D eigenvalue weighted by Crippen LogP contribution is -2.38. The fourth-order valence-corrected chi connectivity index (χ4v) is 2.68. The summed E-state index contributed by atoms with van der Waals surface area (Å²) in [5.41, 5.74) is 0. The monoisotopic (exact) mass is 226 g/mol. The lowest BCUT2D eigenvalue weighted by molar-refractivity contribution is 0.312. The Hall–Kier alpha value is -0.200. The zero-order valence-electron chi connectivity index (χ0n) is 9.67. The third kappa shape index (κ3) is 4.90. The van der Waals surface area contributed by atoms with Crippen molar-refractivity contribution in [3.05, 3.63) is 0 Å². The van der Waals surface area contributed by atoms with Gasteiger partial charge in [-0.05, 0) is 44.2 Å². The summed E-state index contributed by atoms with van der Waals surface area (Å²) < 4.78 is 0. The van der Waals surface area contributed by atoms with E-state index >= 15 is 0 Å². The molecule has 2 atom stereocenters. The van der Waals surface area contributed by atoms with E-state index in [2.05, 4.69) is 17.6 Å². The molecule has 1 rings (SSSR count). The molecular weight excluding hydrogens is 204 g/mol. The molecule has 1 saturated carbocycles. The number of hydrogen-bond acceptors (Lipinski definition) is 3. The minimum Gasteiger partial charge on any atom is -0.313 e. The third-order valence-electron chi connectivity index (χ3n) is 3.11. The van der Waals surface area contributed by atoms with Gasteiger partial charge in [0.2, 0.25) is 0 Å². The van der Waals surface area contributed by atoms with Gasteiger partial charge in [-0.15, -0.1) is 0 Å². The zero-order valence-corrected chi connectivity index (χ0v) is 10.5. The molecule has 0 aromatic rings. The van der Waals surface area contributed by atoms with Gasteiger partial charge in [0, 0.05) is 6.04 Å². The van der Waals surface area contributed by atoms with Crippen LogP contribution >= 0.6 is 11.8 Å². The minimum absolute atomic E-state index is 0.263. The van der Waals surface area contributed by atoms with Crippen molar-refractivity contribution in [3.8, 4) is 6.07 Å². The van der Waals surface area contributed by atoms with Crippen molar-refractivity contribution in [2.45, 2.75) is 44.6 Å². The molecule has 0 heterocycles. The second kappa shape index (κ2) is 8.01. The van der Waals surface area contributed by atoms with E-state index in [1.54, 1.807) is 0 Å². The van der Waals surface area contributed by atoms with Crippen molar-refractivity contribution in [1.29, 1.82) is 5.26 Å². The Labute approximate surface area is 97.8 Å². The van der Waals surface area contributed by atoms with Gasteiger partial charge in [-0.3, -0.25) is 0 Å². The van der Waals surface area contributed by atoms with Crippen LogP contribution in [-0.2, 0) is 0 Å². The third-order valence-corrected chi connectivity index (χ3v) is 3.81. The Morgan fingerprint density at radius 1 is 1.33 bits per heavy atom. The Morgan fingerprint density at radius 3 is 2.87 bits per heavy atom. The quantitative estimate of drug-likeness (QED) is 0.707. The largest absolute Gasteiger partial charge is 0.313 e. The molecule has 2 unspecified atom stereocenters. The van der Waals surface area contributed by atoms with Gasteiger partial charge in [0.1, 0.15) is 0 Å². The maximum absolute atomic E-state index is 9.01. The average Bonchev–Trinajstić information content (AvgIpc) is 2.29. The van der Waals surface area contributed by atoms with Crippen molar-refractivity contribution < 1.29 is 0 Å². The maximum Gasteiger partial charge on any atom is 0.0672 e. The van der Waals surface area contributed by atoms with Gasteiger partial charge in [0.15, 0.2) is 0 Å². The first-order valence-corrected chi connectivity index (χ1v) is 7.40. The van der Waals surface area contributed by atoms with E-state index in [1.807, 2.05) is 11.8 Å². The number of rotatable bonds is 6. The summed E-state index contributed by atoms with van der Waals surface area (Å²) in [6.45, 7) is 1.09. The van der Waals surface area contributed by atoms with E-state index in [1.165, 1.54) is 37.9 Å². The fraction of sp³-hybridized carbons (Fsp3) is 0.917. The Kier molecular flexibility index (Phi) is 6.87. The van der Waals surface area contributed by atoms with Crippen molar-refractivity contribution >= 4 is 11.8 Å². The second-order valence-corrected chi connectivity index (χ2v) is 5.27. The van der Waals surface area contributed by atoms with Crippen molar-refractivity contribution in [2.75, 3.05) is 18.6 Å². The molecule has 15 heavy (non-hydrogen) atoms. The SMILES string of the molecule is CSCCCCNC1CCCCC1C#N. The molecule has 1 aliphatic carbocycles. The number of nitrogens with one attached hydrogen (secondary N) is 1. The normalized spacial score (nSPS) is 26.1. The van der Waals surface area contributed by atoms with E-state index in [0.717, 1.165) is 13.0 Å². The van der Waals surface area contributed by atoms with Crippen LogP contribution in [0.3, 0.4) is 0 Å². The Morgan fingerprint density at radius 2 is 2.13 bits per heavy atom. The highest BCUT2D eigenvalue weighted by atomic mass is 32.2. The van der Waals surface area contributed by atoms with Crippen LogP contribution in [0.15, 0.2) is 0 Å². The molecule has 1 N–H and O–H groups in total. The lowest BCUT2D eigenvalue weighted by Gasteiger charge is -2.27. The molecule has 0 amide bonds. The molecule has 0 aromatic heterocycles. The standard InChI is InChI=1S/C12H22N2S/c1-15-9-5-4-8-14-12-7-3-2-6-11(12)10-13/h11-12,14H,2-9H2,1H3. The second-order valence-electron chi connectivity index (χ2n) is 4.28. The van der Waals surface area contributed by atoms with Crippen LogP contribution < -0.4 is 5.32 Å². The number of nitriles is 1. The van der Waals surface area contributed by atoms with Crippen LogP contribution in [0.25, 0.3) is 0 Å². The molecule has 86 valence electrons. The summed E-state index contributed by atoms with van der Waals surface area (Å²) >= 11 is 1.91. The van der Waals surface area contributed by atoms with Gasteiger partial charge in [0.05, 0.1) is 12.0 Å². The highest BCUT2D eigenvalue weighted by Crippen LogP contribution is 2.23. The molecule has 0 radical (unpaired) electrons. The summed E-state index contributed by atoms with van der Waals surface area (Å²) in [5, 5.41) is 12.6. The highest BCUT2D eigenvalue weighted by molar-refractivity contribution is 7.98. The summed E-state index contributed by atoms with van der Waals surface area (Å²) in [6.07, 6.45) is 9.51. The minimum atomic E-state index is 0.263. The van der Waals surface area contributed by atoms with Crippen molar-refractivity contribution in [1.82, 2.24) is 5.32 Å². The Bertz CT molecular complexity index is 200. The number of unbranched alkanes of at least 4 members (excludes halogenated alkanes) is 1. The summed E-state index contributed by atoms with van der Waals surface area (Å²) in [6, 6.07) is 2.91. The lowest BCUT2D eigenvalue weighted by atomic mass is 9.85. The van der Waals surface area contributed by atoms with Crippen LogP contribution in [0.1, 0.15) is 38.5 Å². The highest BCUT2D eigenvalue weighted by Gasteiger charge is 2.23. The van der Waals surface area contributed by atoms with E-state index in [-0.39, 0.29) is 5.92 Å². The van der Waals surface area contributed by atoms with Gasteiger partial charge in [-0.2, -0.15) is 17.0 Å². The van der Waals surface area contributed by atoms with E-state index in [4.69, 9.17) is 5.26 Å². The molecule has 0 aliphatic heterocycles. The molecule has 1 fully saturated rings. The number of nitrogens with zero attached hydrogens (tertiary/aromatic N) is 1. The van der Waals surface area contributed by atoms with Crippen LogP contribution in [0.4, 0.5) is 0 Å². The van der Waals surface area contributed by atoms with E-state index in [0.29, 0.717) is 6.04 Å². The van der Waals surface area contributed by atoms with Gasteiger partial charge >= 0.3 is 0 Å². The van der Waals surface area contributed by atoms with Crippen LogP contribution in [0, 0.1) is 17.2 Å². The molecule has 0 aromatic carbocycles. The van der Waals surface area contributed by atoms with Gasteiger partial charge < -0.3 is 5.32 Å². The smallest absolute Gasteiger partial charge is 0.0672 e. The number of thioether (sulfide) groups is 1. The predicted molar refractivity (Wildman–Crippen MR) is 67.0 cm³/mol. The van der Waals surface area contributed by atoms with Crippen LogP contribution in [0.5, 0.6) is 0 Å². The Balaban J connectivity index is 2.10.